The second-order valence-corrected chi connectivity index (χ2v) is 6.05. The van der Waals surface area contributed by atoms with Crippen LogP contribution in [0.1, 0.15) is 27.6 Å². The maximum Gasteiger partial charge on any atom is 0.255 e. The number of rotatable bonds is 6. The van der Waals surface area contributed by atoms with Gasteiger partial charge < -0.3 is 19.7 Å². The van der Waals surface area contributed by atoms with Crippen LogP contribution in [0.3, 0.4) is 0 Å². The molecule has 0 heterocycles. The average molecular weight is 377 g/mol. The van der Waals surface area contributed by atoms with E-state index < -0.39 is 0 Å². The summed E-state index contributed by atoms with van der Waals surface area (Å²) in [6.07, 6.45) is 0. The van der Waals surface area contributed by atoms with Crippen LogP contribution >= 0.6 is 11.6 Å². The zero-order valence-corrected chi connectivity index (χ0v) is 15.9. The molecule has 2 rings (SSSR count). The smallest absolute Gasteiger partial charge is 0.255 e. The first-order valence-corrected chi connectivity index (χ1v) is 8.38. The third kappa shape index (κ3) is 4.46. The number of nitrogens with zero attached hydrogens (tertiary/aromatic N) is 1. The molecule has 2 aromatic carbocycles. The van der Waals surface area contributed by atoms with Crippen LogP contribution in [0.5, 0.6) is 11.5 Å². The molecule has 0 bridgehead atoms. The van der Waals surface area contributed by atoms with E-state index >= 15 is 0 Å². The number of hydrogen-bond donors (Lipinski definition) is 1. The minimum Gasteiger partial charge on any atom is -0.493 e. The van der Waals surface area contributed by atoms with Gasteiger partial charge in [-0.3, -0.25) is 9.59 Å². The molecule has 0 aliphatic rings. The van der Waals surface area contributed by atoms with Crippen LogP contribution in [0.4, 0.5) is 5.69 Å². The van der Waals surface area contributed by atoms with E-state index in [1.807, 2.05) is 6.92 Å². The zero-order valence-electron chi connectivity index (χ0n) is 15.1. The van der Waals surface area contributed by atoms with Gasteiger partial charge >= 0.3 is 0 Å². The highest BCUT2D eigenvalue weighted by molar-refractivity contribution is 6.34. The Morgan fingerprint density at radius 1 is 1.12 bits per heavy atom. The van der Waals surface area contributed by atoms with Gasteiger partial charge in [0.2, 0.25) is 0 Å². The standard InChI is InChI=1S/C19H21ClN2O4/c1-5-26-16-9-6-12(10-17(16)25-4)18(23)21-13-7-8-14(15(20)11-13)19(24)22(2)3/h6-11H,5H2,1-4H3,(H,21,23). The van der Waals surface area contributed by atoms with Crippen molar-refractivity contribution in [1.29, 1.82) is 0 Å². The monoisotopic (exact) mass is 376 g/mol. The Morgan fingerprint density at radius 2 is 1.85 bits per heavy atom. The van der Waals surface area contributed by atoms with Crippen LogP contribution in [-0.2, 0) is 0 Å². The van der Waals surface area contributed by atoms with E-state index in [0.29, 0.717) is 34.9 Å². The van der Waals surface area contributed by atoms with Crippen molar-refractivity contribution in [2.24, 2.45) is 0 Å². The highest BCUT2D eigenvalue weighted by atomic mass is 35.5. The van der Waals surface area contributed by atoms with Gasteiger partial charge in [-0.05, 0) is 43.3 Å². The number of methoxy groups -OCH3 is 1. The molecular weight excluding hydrogens is 356 g/mol. The molecule has 0 fully saturated rings. The van der Waals surface area contributed by atoms with E-state index in [1.54, 1.807) is 50.5 Å². The first kappa shape index (κ1) is 19.6. The second-order valence-electron chi connectivity index (χ2n) is 5.65. The first-order valence-electron chi connectivity index (χ1n) is 8.00. The molecule has 0 saturated carbocycles. The molecule has 2 aromatic rings. The van der Waals surface area contributed by atoms with Gasteiger partial charge in [0, 0.05) is 25.3 Å². The lowest BCUT2D eigenvalue weighted by molar-refractivity contribution is 0.0827. The van der Waals surface area contributed by atoms with Crippen LogP contribution in [0, 0.1) is 0 Å². The van der Waals surface area contributed by atoms with Crippen LogP contribution in [0.2, 0.25) is 5.02 Å². The van der Waals surface area contributed by atoms with Gasteiger partial charge in [-0.25, -0.2) is 0 Å². The topological polar surface area (TPSA) is 67.9 Å². The molecule has 6 nitrogen and oxygen atoms in total. The largest absolute Gasteiger partial charge is 0.493 e. The Morgan fingerprint density at radius 3 is 2.42 bits per heavy atom. The highest BCUT2D eigenvalue weighted by Crippen LogP contribution is 2.29. The van der Waals surface area contributed by atoms with E-state index in [1.165, 1.54) is 12.0 Å². The number of anilines is 1. The Hall–Kier alpha value is -2.73. The molecule has 1 N–H and O–H groups in total. The summed E-state index contributed by atoms with van der Waals surface area (Å²) in [5, 5.41) is 3.02. The summed E-state index contributed by atoms with van der Waals surface area (Å²) in [5.41, 5.74) is 1.27. The highest BCUT2D eigenvalue weighted by Gasteiger charge is 2.15. The van der Waals surface area contributed by atoms with Gasteiger partial charge in [-0.1, -0.05) is 11.6 Å². The molecule has 7 heteroatoms. The summed E-state index contributed by atoms with van der Waals surface area (Å²) in [7, 11) is 4.81. The third-order valence-corrected chi connectivity index (χ3v) is 3.90. The molecule has 0 spiro atoms. The van der Waals surface area contributed by atoms with E-state index in [-0.39, 0.29) is 16.8 Å². The Kier molecular flexibility index (Phi) is 6.46. The average Bonchev–Trinajstić information content (AvgIpc) is 2.61. The van der Waals surface area contributed by atoms with E-state index in [9.17, 15) is 9.59 Å². The minimum atomic E-state index is -0.325. The quantitative estimate of drug-likeness (QED) is 0.834. The lowest BCUT2D eigenvalue weighted by atomic mass is 10.1. The van der Waals surface area contributed by atoms with E-state index in [0.717, 1.165) is 0 Å². The lowest BCUT2D eigenvalue weighted by Gasteiger charge is -2.13. The number of amides is 2. The van der Waals surface area contributed by atoms with Crippen molar-refractivity contribution in [2.45, 2.75) is 6.92 Å². The van der Waals surface area contributed by atoms with Crippen molar-refractivity contribution < 1.29 is 19.1 Å². The maximum absolute atomic E-state index is 12.5. The van der Waals surface area contributed by atoms with Crippen molar-refractivity contribution in [3.05, 3.63) is 52.5 Å². The molecule has 0 saturated heterocycles. The minimum absolute atomic E-state index is 0.205. The Labute approximate surface area is 157 Å². The van der Waals surface area contributed by atoms with Gasteiger partial charge in [-0.15, -0.1) is 0 Å². The summed E-state index contributed by atoms with van der Waals surface area (Å²) in [6.45, 7) is 2.37. The van der Waals surface area contributed by atoms with Crippen molar-refractivity contribution in [3.63, 3.8) is 0 Å². The van der Waals surface area contributed by atoms with Gasteiger partial charge in [0.05, 0.1) is 24.3 Å². The predicted molar refractivity (Wildman–Crippen MR) is 102 cm³/mol. The fourth-order valence-electron chi connectivity index (χ4n) is 2.29. The first-order chi connectivity index (χ1) is 12.4. The summed E-state index contributed by atoms with van der Waals surface area (Å²) in [5.74, 6) is 0.517. The molecule has 0 aromatic heterocycles. The van der Waals surface area contributed by atoms with Crippen LogP contribution in [0.15, 0.2) is 36.4 Å². The number of halogens is 1. The fourth-order valence-corrected chi connectivity index (χ4v) is 2.56. The van der Waals surface area contributed by atoms with Crippen molar-refractivity contribution in [3.8, 4) is 11.5 Å². The van der Waals surface area contributed by atoms with E-state index in [4.69, 9.17) is 21.1 Å². The number of carbonyl (C=O) groups is 2. The fraction of sp³-hybridized carbons (Fsp3) is 0.263. The van der Waals surface area contributed by atoms with Crippen LogP contribution in [0.25, 0.3) is 0 Å². The molecule has 138 valence electrons. The van der Waals surface area contributed by atoms with E-state index in [2.05, 4.69) is 5.32 Å². The summed E-state index contributed by atoms with van der Waals surface area (Å²) in [4.78, 5) is 25.9. The zero-order chi connectivity index (χ0) is 19.3. The second kappa shape index (κ2) is 8.58. The number of carbonyl (C=O) groups excluding carboxylic acids is 2. The molecule has 2 amide bonds. The lowest BCUT2D eigenvalue weighted by Crippen LogP contribution is -2.22. The normalized spacial score (nSPS) is 10.2. The predicted octanol–water partition coefficient (Wildman–Crippen LogP) is 3.70. The van der Waals surface area contributed by atoms with Gasteiger partial charge in [0.25, 0.3) is 11.8 Å². The molecule has 26 heavy (non-hydrogen) atoms. The van der Waals surface area contributed by atoms with Crippen molar-refractivity contribution >= 4 is 29.1 Å². The van der Waals surface area contributed by atoms with Gasteiger partial charge in [0.1, 0.15) is 0 Å². The third-order valence-electron chi connectivity index (χ3n) is 3.59. The molecule has 0 unspecified atom stereocenters. The molecule has 0 radical (unpaired) electrons. The van der Waals surface area contributed by atoms with Gasteiger partial charge in [-0.2, -0.15) is 0 Å². The number of benzene rings is 2. The summed E-state index contributed by atoms with van der Waals surface area (Å²) < 4.78 is 10.7. The molecule has 0 aliphatic carbocycles. The Balaban J connectivity index is 2.19. The SMILES string of the molecule is CCOc1ccc(C(=O)Nc2ccc(C(=O)N(C)C)c(Cl)c2)cc1OC. The molecule has 0 atom stereocenters. The van der Waals surface area contributed by atoms with Crippen LogP contribution in [-0.4, -0.2) is 44.5 Å². The summed E-state index contributed by atoms with van der Waals surface area (Å²) >= 11 is 6.17. The molecule has 0 aliphatic heterocycles. The van der Waals surface area contributed by atoms with Gasteiger partial charge in [0.15, 0.2) is 11.5 Å². The number of nitrogens with one attached hydrogen (secondary N) is 1. The molecular formula is C19H21ClN2O4. The van der Waals surface area contributed by atoms with Crippen molar-refractivity contribution in [1.82, 2.24) is 4.90 Å². The Bertz CT molecular complexity index is 821. The van der Waals surface area contributed by atoms with Crippen molar-refractivity contribution in [2.75, 3.05) is 33.1 Å². The summed E-state index contributed by atoms with van der Waals surface area (Å²) in [6, 6.07) is 9.69. The number of hydrogen-bond acceptors (Lipinski definition) is 4. The maximum atomic E-state index is 12.5. The number of ether oxygens (including phenoxy) is 2. The van der Waals surface area contributed by atoms with Crippen LogP contribution < -0.4 is 14.8 Å².